The Bertz CT molecular complexity index is 978. The number of anilines is 1. The molecule has 4 rings (SSSR count). The van der Waals surface area contributed by atoms with E-state index >= 15 is 0 Å². The molecule has 0 aliphatic carbocycles. The van der Waals surface area contributed by atoms with Gasteiger partial charge in [-0.05, 0) is 36.4 Å². The fourth-order valence-electron chi connectivity index (χ4n) is 3.97. The van der Waals surface area contributed by atoms with Crippen molar-refractivity contribution in [1.82, 2.24) is 4.90 Å². The molecule has 2 aromatic rings. The Morgan fingerprint density at radius 3 is 2.19 bits per heavy atom. The van der Waals surface area contributed by atoms with Crippen LogP contribution in [0.4, 0.5) is 10.1 Å². The number of methoxy groups -OCH3 is 3. The van der Waals surface area contributed by atoms with Crippen molar-refractivity contribution < 1.29 is 28.2 Å². The van der Waals surface area contributed by atoms with E-state index in [-0.39, 0.29) is 11.7 Å². The smallest absolute Gasteiger partial charge is 0.267 e. The van der Waals surface area contributed by atoms with Crippen molar-refractivity contribution in [1.29, 1.82) is 0 Å². The molecule has 170 valence electrons. The number of carbonyl (C=O) groups is 1. The van der Waals surface area contributed by atoms with Crippen LogP contribution in [0.15, 0.2) is 41.6 Å². The number of carbonyl (C=O) groups excluding carboxylic acids is 1. The monoisotopic (exact) mass is 443 g/mol. The molecule has 2 aromatic carbocycles. The lowest BCUT2D eigenvalue weighted by molar-refractivity contribution is -0.142. The maximum atomic E-state index is 13.2. The van der Waals surface area contributed by atoms with Crippen molar-refractivity contribution in [2.75, 3.05) is 52.4 Å². The summed E-state index contributed by atoms with van der Waals surface area (Å²) in [5, 5.41) is 4.15. The molecule has 0 bridgehead atoms. The van der Waals surface area contributed by atoms with Gasteiger partial charge in [0.1, 0.15) is 5.82 Å². The van der Waals surface area contributed by atoms with E-state index in [1.807, 2.05) is 0 Å². The molecule has 0 saturated carbocycles. The average molecular weight is 443 g/mol. The molecule has 0 N–H and O–H groups in total. The Labute approximate surface area is 186 Å². The van der Waals surface area contributed by atoms with Crippen LogP contribution >= 0.6 is 0 Å². The highest BCUT2D eigenvalue weighted by Gasteiger charge is 2.34. The molecular weight excluding hydrogens is 417 g/mol. The third-order valence-electron chi connectivity index (χ3n) is 5.73. The van der Waals surface area contributed by atoms with Gasteiger partial charge in [0.05, 0.1) is 27.0 Å². The Morgan fingerprint density at radius 1 is 1.00 bits per heavy atom. The van der Waals surface area contributed by atoms with E-state index in [4.69, 9.17) is 19.0 Å². The highest BCUT2D eigenvalue weighted by atomic mass is 19.1. The van der Waals surface area contributed by atoms with Crippen molar-refractivity contribution >= 4 is 17.3 Å². The van der Waals surface area contributed by atoms with Crippen LogP contribution in [0.3, 0.4) is 0 Å². The molecular formula is C23H26FN3O5. The van der Waals surface area contributed by atoms with Gasteiger partial charge in [-0.15, -0.1) is 0 Å². The number of halogens is 1. The van der Waals surface area contributed by atoms with Crippen LogP contribution < -0.4 is 19.1 Å². The fourth-order valence-corrected chi connectivity index (χ4v) is 3.97. The van der Waals surface area contributed by atoms with Gasteiger partial charge in [0.25, 0.3) is 5.91 Å². The van der Waals surface area contributed by atoms with Crippen LogP contribution in [0, 0.1) is 5.82 Å². The molecule has 0 aromatic heterocycles. The molecule has 32 heavy (non-hydrogen) atoms. The lowest BCUT2D eigenvalue weighted by atomic mass is 10.0. The van der Waals surface area contributed by atoms with Gasteiger partial charge in [-0.3, -0.25) is 4.79 Å². The number of rotatable bonds is 6. The van der Waals surface area contributed by atoms with E-state index in [0.29, 0.717) is 55.6 Å². The highest BCUT2D eigenvalue weighted by Crippen LogP contribution is 2.39. The average Bonchev–Trinajstić information content (AvgIpc) is 3.33. The molecule has 2 aliphatic heterocycles. The van der Waals surface area contributed by atoms with E-state index in [1.165, 1.54) is 12.1 Å². The predicted molar refractivity (Wildman–Crippen MR) is 117 cm³/mol. The first kappa shape index (κ1) is 21.7. The normalized spacial score (nSPS) is 18.1. The third kappa shape index (κ3) is 4.28. The minimum atomic E-state index is -0.665. The van der Waals surface area contributed by atoms with E-state index in [0.717, 1.165) is 11.3 Å². The zero-order chi connectivity index (χ0) is 22.7. The number of hydrogen-bond acceptors (Lipinski definition) is 7. The minimum Gasteiger partial charge on any atom is -0.493 e. The van der Waals surface area contributed by atoms with Gasteiger partial charge in [0.15, 0.2) is 11.5 Å². The second kappa shape index (κ2) is 9.33. The van der Waals surface area contributed by atoms with Crippen LogP contribution in [-0.2, 0) is 9.63 Å². The van der Waals surface area contributed by atoms with Gasteiger partial charge < -0.3 is 28.8 Å². The lowest BCUT2D eigenvalue weighted by Crippen LogP contribution is -2.51. The number of oxime groups is 1. The van der Waals surface area contributed by atoms with Crippen molar-refractivity contribution in [2.45, 2.75) is 12.5 Å². The van der Waals surface area contributed by atoms with Crippen LogP contribution in [0.2, 0.25) is 0 Å². The number of hydrogen-bond donors (Lipinski definition) is 0. The zero-order valence-electron chi connectivity index (χ0n) is 18.3. The summed E-state index contributed by atoms with van der Waals surface area (Å²) in [6.45, 7) is 2.47. The summed E-state index contributed by atoms with van der Waals surface area (Å²) in [5.41, 5.74) is 2.34. The number of nitrogens with zero attached hydrogens (tertiary/aromatic N) is 3. The molecule has 1 atom stereocenters. The zero-order valence-corrected chi connectivity index (χ0v) is 18.3. The van der Waals surface area contributed by atoms with Crippen molar-refractivity contribution in [3.05, 3.63) is 47.8 Å². The molecule has 0 spiro atoms. The predicted octanol–water partition coefficient (Wildman–Crippen LogP) is 2.69. The van der Waals surface area contributed by atoms with Crippen LogP contribution in [0.1, 0.15) is 12.0 Å². The summed E-state index contributed by atoms with van der Waals surface area (Å²) in [7, 11) is 4.64. The first-order chi connectivity index (χ1) is 15.5. The van der Waals surface area contributed by atoms with Crippen molar-refractivity contribution in [3.8, 4) is 17.2 Å². The standard InChI is InChI=1S/C23H26FN3O5/c1-29-19-12-15(13-20(30-2)22(19)31-3)18-14-21(32-25-18)23(28)27-10-8-26(9-11-27)17-6-4-16(24)5-7-17/h4-7,12-13,21H,8-11,14H2,1-3H3/t21-/m1/s1. The summed E-state index contributed by atoms with van der Waals surface area (Å²) in [6, 6.07) is 9.98. The molecule has 9 heteroatoms. The molecule has 8 nitrogen and oxygen atoms in total. The van der Waals surface area contributed by atoms with Gasteiger partial charge in [-0.25, -0.2) is 4.39 Å². The molecule has 2 aliphatic rings. The minimum absolute atomic E-state index is 0.0880. The largest absolute Gasteiger partial charge is 0.493 e. The summed E-state index contributed by atoms with van der Waals surface area (Å²) in [4.78, 5) is 22.4. The number of benzene rings is 2. The molecule has 1 amide bonds. The first-order valence-corrected chi connectivity index (χ1v) is 10.4. The van der Waals surface area contributed by atoms with Gasteiger partial charge in [-0.1, -0.05) is 5.16 Å². The SMILES string of the molecule is COc1cc(C2=NO[C@@H](C(=O)N3CCN(c4ccc(F)cc4)CC3)C2)cc(OC)c1OC. The lowest BCUT2D eigenvalue weighted by Gasteiger charge is -2.36. The quantitative estimate of drug-likeness (QED) is 0.684. The molecule has 1 fully saturated rings. The number of ether oxygens (including phenoxy) is 3. The molecule has 2 heterocycles. The van der Waals surface area contributed by atoms with Crippen molar-refractivity contribution in [3.63, 3.8) is 0 Å². The Balaban J connectivity index is 1.38. The van der Waals surface area contributed by atoms with Gasteiger partial charge in [0, 0.05) is 43.9 Å². The van der Waals surface area contributed by atoms with E-state index in [1.54, 1.807) is 50.5 Å². The van der Waals surface area contributed by atoms with E-state index in [2.05, 4.69) is 10.1 Å². The number of piperazine rings is 1. The van der Waals surface area contributed by atoms with Crippen LogP contribution in [0.5, 0.6) is 17.2 Å². The summed E-state index contributed by atoms with van der Waals surface area (Å²) >= 11 is 0. The Kier molecular flexibility index (Phi) is 6.34. The highest BCUT2D eigenvalue weighted by molar-refractivity contribution is 6.05. The number of amides is 1. The van der Waals surface area contributed by atoms with Crippen molar-refractivity contribution in [2.24, 2.45) is 5.16 Å². The first-order valence-electron chi connectivity index (χ1n) is 10.4. The Morgan fingerprint density at radius 2 is 1.62 bits per heavy atom. The van der Waals surface area contributed by atoms with E-state index < -0.39 is 6.10 Å². The summed E-state index contributed by atoms with van der Waals surface area (Å²) in [5.74, 6) is 1.16. The third-order valence-corrected chi connectivity index (χ3v) is 5.73. The molecule has 0 unspecified atom stereocenters. The Hall–Kier alpha value is -3.49. The maximum Gasteiger partial charge on any atom is 0.267 e. The molecule has 0 radical (unpaired) electrons. The van der Waals surface area contributed by atoms with Crippen LogP contribution in [0.25, 0.3) is 0 Å². The fraction of sp³-hybridized carbons (Fsp3) is 0.391. The van der Waals surface area contributed by atoms with Gasteiger partial charge in [-0.2, -0.15) is 0 Å². The topological polar surface area (TPSA) is 72.8 Å². The maximum absolute atomic E-state index is 13.2. The summed E-state index contributed by atoms with van der Waals surface area (Å²) in [6.07, 6.45) is -0.309. The van der Waals surface area contributed by atoms with Crippen LogP contribution in [-0.4, -0.2) is 70.1 Å². The summed E-state index contributed by atoms with van der Waals surface area (Å²) < 4.78 is 29.3. The van der Waals surface area contributed by atoms with Gasteiger partial charge in [0.2, 0.25) is 11.9 Å². The second-order valence-electron chi connectivity index (χ2n) is 7.54. The van der Waals surface area contributed by atoms with Gasteiger partial charge >= 0.3 is 0 Å². The second-order valence-corrected chi connectivity index (χ2v) is 7.54. The molecule has 1 saturated heterocycles. The van der Waals surface area contributed by atoms with E-state index in [9.17, 15) is 9.18 Å².